The number of aliphatic hydroxyl groups is 1. The molecular formula is C23H17ClFNO4. The van der Waals surface area contributed by atoms with Gasteiger partial charge in [0.1, 0.15) is 29.7 Å². The Kier molecular flexibility index (Phi) is 5.44. The van der Waals surface area contributed by atoms with E-state index in [1.165, 1.54) is 18.2 Å². The number of hydrogen-bond acceptors (Lipinski definition) is 4. The average Bonchev–Trinajstić information content (AvgIpc) is 3.41. The number of furan rings is 2. The van der Waals surface area contributed by atoms with Gasteiger partial charge in [0.25, 0.3) is 5.91 Å². The van der Waals surface area contributed by atoms with E-state index >= 15 is 0 Å². The van der Waals surface area contributed by atoms with E-state index in [1.807, 2.05) is 19.1 Å². The molecular weight excluding hydrogens is 409 g/mol. The molecule has 1 amide bonds. The van der Waals surface area contributed by atoms with E-state index in [0.29, 0.717) is 28.5 Å². The highest BCUT2D eigenvalue weighted by Crippen LogP contribution is 2.29. The molecule has 0 saturated heterocycles. The zero-order chi connectivity index (χ0) is 21.3. The maximum Gasteiger partial charge on any atom is 0.291 e. The number of nitrogens with one attached hydrogen (secondary N) is 1. The minimum Gasteiger partial charge on any atom is -0.459 e. The predicted molar refractivity (Wildman–Crippen MR) is 112 cm³/mol. The monoisotopic (exact) mass is 425 g/mol. The van der Waals surface area contributed by atoms with E-state index < -0.39 is 11.7 Å². The Morgan fingerprint density at radius 1 is 1.00 bits per heavy atom. The lowest BCUT2D eigenvalue weighted by atomic mass is 10.1. The van der Waals surface area contributed by atoms with Crippen LogP contribution in [0.5, 0.6) is 0 Å². The van der Waals surface area contributed by atoms with Crippen molar-refractivity contribution in [2.24, 2.45) is 0 Å². The highest BCUT2D eigenvalue weighted by atomic mass is 35.5. The van der Waals surface area contributed by atoms with Crippen molar-refractivity contribution in [3.8, 4) is 22.6 Å². The Labute approximate surface area is 176 Å². The first-order valence-corrected chi connectivity index (χ1v) is 9.49. The fraction of sp³-hybridized carbons (Fsp3) is 0.0870. The van der Waals surface area contributed by atoms with Crippen molar-refractivity contribution >= 4 is 23.2 Å². The highest BCUT2D eigenvalue weighted by molar-refractivity contribution is 6.31. The summed E-state index contributed by atoms with van der Waals surface area (Å²) in [5.41, 5.74) is 2.79. The number of amides is 1. The summed E-state index contributed by atoms with van der Waals surface area (Å²) in [6.07, 6.45) is 0. The summed E-state index contributed by atoms with van der Waals surface area (Å²) in [6, 6.07) is 16.3. The molecule has 4 aromatic rings. The molecule has 4 rings (SSSR count). The minimum atomic E-state index is -0.525. The molecule has 5 nitrogen and oxygen atoms in total. The molecule has 2 N–H and O–H groups in total. The summed E-state index contributed by atoms with van der Waals surface area (Å²) < 4.78 is 24.5. The summed E-state index contributed by atoms with van der Waals surface area (Å²) in [5, 5.41) is 12.0. The van der Waals surface area contributed by atoms with Crippen LogP contribution in [0.3, 0.4) is 0 Å². The number of aryl methyl sites for hydroxylation is 1. The van der Waals surface area contributed by atoms with Gasteiger partial charge in [0.2, 0.25) is 0 Å². The van der Waals surface area contributed by atoms with Gasteiger partial charge in [-0.15, -0.1) is 0 Å². The van der Waals surface area contributed by atoms with Gasteiger partial charge in [-0.2, -0.15) is 0 Å². The third-order valence-corrected chi connectivity index (χ3v) is 4.91. The second-order valence-corrected chi connectivity index (χ2v) is 7.11. The number of hydrogen-bond donors (Lipinski definition) is 2. The van der Waals surface area contributed by atoms with Crippen molar-refractivity contribution in [2.75, 3.05) is 5.32 Å². The number of carbonyl (C=O) groups excluding carboxylic acids is 1. The second-order valence-electron chi connectivity index (χ2n) is 6.70. The molecule has 7 heteroatoms. The minimum absolute atomic E-state index is 0.0235. The molecule has 152 valence electrons. The Bertz CT molecular complexity index is 1230. The number of halogens is 2. The van der Waals surface area contributed by atoms with Crippen molar-refractivity contribution in [3.05, 3.63) is 88.6 Å². The fourth-order valence-corrected chi connectivity index (χ4v) is 3.16. The molecule has 0 radical (unpaired) electrons. The van der Waals surface area contributed by atoms with Gasteiger partial charge in [0.15, 0.2) is 5.76 Å². The largest absolute Gasteiger partial charge is 0.459 e. The first-order chi connectivity index (χ1) is 14.4. The first-order valence-electron chi connectivity index (χ1n) is 9.12. The van der Waals surface area contributed by atoms with E-state index in [1.54, 1.807) is 30.3 Å². The number of anilines is 1. The van der Waals surface area contributed by atoms with Crippen LogP contribution in [0.25, 0.3) is 22.6 Å². The second kappa shape index (κ2) is 8.18. The van der Waals surface area contributed by atoms with Gasteiger partial charge in [-0.3, -0.25) is 4.79 Å². The molecule has 0 saturated carbocycles. The number of benzene rings is 2. The van der Waals surface area contributed by atoms with Crippen molar-refractivity contribution in [1.82, 2.24) is 0 Å². The molecule has 2 aromatic carbocycles. The molecule has 0 spiro atoms. The van der Waals surface area contributed by atoms with Crippen molar-refractivity contribution in [3.63, 3.8) is 0 Å². The van der Waals surface area contributed by atoms with Crippen LogP contribution in [0.2, 0.25) is 5.02 Å². The number of aliphatic hydroxyl groups excluding tert-OH is 1. The third-order valence-electron chi connectivity index (χ3n) is 4.62. The van der Waals surface area contributed by atoms with Crippen LogP contribution in [0.4, 0.5) is 10.1 Å². The Balaban J connectivity index is 1.56. The predicted octanol–water partition coefficient (Wildman–Crippen LogP) is 6.05. The molecule has 0 unspecified atom stereocenters. The summed E-state index contributed by atoms with van der Waals surface area (Å²) in [4.78, 5) is 12.7. The van der Waals surface area contributed by atoms with Gasteiger partial charge in [0, 0.05) is 16.8 Å². The standard InChI is InChI=1S/C23H17ClFNO4/c1-13-2-3-15(20-7-5-16(12-27)29-20)11-19(13)26-23(28)22-9-8-21(30-22)14-4-6-18(25)17(24)10-14/h2-11,27H,12H2,1H3,(H,26,28). The topological polar surface area (TPSA) is 75.6 Å². The highest BCUT2D eigenvalue weighted by Gasteiger charge is 2.15. The summed E-state index contributed by atoms with van der Waals surface area (Å²) in [7, 11) is 0. The van der Waals surface area contributed by atoms with Gasteiger partial charge in [0.05, 0.1) is 5.02 Å². The third kappa shape index (κ3) is 4.01. The molecule has 0 aliphatic rings. The van der Waals surface area contributed by atoms with Crippen LogP contribution in [-0.4, -0.2) is 11.0 Å². The molecule has 30 heavy (non-hydrogen) atoms. The average molecular weight is 426 g/mol. The zero-order valence-electron chi connectivity index (χ0n) is 15.9. The molecule has 0 bridgehead atoms. The lowest BCUT2D eigenvalue weighted by Gasteiger charge is -2.09. The molecule has 0 atom stereocenters. The molecule has 0 aliphatic carbocycles. The number of carbonyl (C=O) groups is 1. The van der Waals surface area contributed by atoms with E-state index in [4.69, 9.17) is 25.5 Å². The van der Waals surface area contributed by atoms with E-state index in [2.05, 4.69) is 5.32 Å². The Morgan fingerprint density at radius 3 is 2.43 bits per heavy atom. The zero-order valence-corrected chi connectivity index (χ0v) is 16.7. The number of rotatable bonds is 5. The Morgan fingerprint density at radius 2 is 1.70 bits per heavy atom. The molecule has 2 aromatic heterocycles. The quantitative estimate of drug-likeness (QED) is 0.408. The van der Waals surface area contributed by atoms with Crippen LogP contribution in [0.1, 0.15) is 21.9 Å². The van der Waals surface area contributed by atoms with E-state index in [-0.39, 0.29) is 17.4 Å². The SMILES string of the molecule is Cc1ccc(-c2ccc(CO)o2)cc1NC(=O)c1ccc(-c2ccc(F)c(Cl)c2)o1. The summed E-state index contributed by atoms with van der Waals surface area (Å²) in [5.74, 6) is 0.604. The van der Waals surface area contributed by atoms with Crippen LogP contribution < -0.4 is 5.32 Å². The lowest BCUT2D eigenvalue weighted by molar-refractivity contribution is 0.0997. The first kappa shape index (κ1) is 19.9. The van der Waals surface area contributed by atoms with Gasteiger partial charge in [-0.25, -0.2) is 4.39 Å². The normalized spacial score (nSPS) is 10.9. The van der Waals surface area contributed by atoms with Gasteiger partial charge in [-0.05, 0) is 61.0 Å². The molecule has 0 aliphatic heterocycles. The van der Waals surface area contributed by atoms with Crippen LogP contribution in [-0.2, 0) is 6.61 Å². The van der Waals surface area contributed by atoms with Crippen molar-refractivity contribution in [2.45, 2.75) is 13.5 Å². The van der Waals surface area contributed by atoms with Crippen LogP contribution in [0.15, 0.2) is 69.5 Å². The van der Waals surface area contributed by atoms with Crippen molar-refractivity contribution < 1.29 is 23.1 Å². The smallest absolute Gasteiger partial charge is 0.291 e. The lowest BCUT2D eigenvalue weighted by Crippen LogP contribution is -2.11. The maximum absolute atomic E-state index is 13.4. The molecule has 0 fully saturated rings. The van der Waals surface area contributed by atoms with Gasteiger partial charge >= 0.3 is 0 Å². The van der Waals surface area contributed by atoms with Gasteiger partial charge in [-0.1, -0.05) is 23.7 Å². The summed E-state index contributed by atoms with van der Waals surface area (Å²) >= 11 is 5.82. The molecule has 2 heterocycles. The summed E-state index contributed by atoms with van der Waals surface area (Å²) in [6.45, 7) is 1.68. The van der Waals surface area contributed by atoms with E-state index in [0.717, 1.165) is 11.1 Å². The van der Waals surface area contributed by atoms with Crippen molar-refractivity contribution in [1.29, 1.82) is 0 Å². The van der Waals surface area contributed by atoms with E-state index in [9.17, 15) is 9.18 Å². The Hall–Kier alpha value is -3.35. The fourth-order valence-electron chi connectivity index (χ4n) is 2.98. The maximum atomic E-state index is 13.4. The van der Waals surface area contributed by atoms with Crippen LogP contribution in [0, 0.1) is 12.7 Å². The van der Waals surface area contributed by atoms with Gasteiger partial charge < -0.3 is 19.3 Å². The van der Waals surface area contributed by atoms with Crippen LogP contribution >= 0.6 is 11.6 Å².